The van der Waals surface area contributed by atoms with Crippen molar-refractivity contribution < 1.29 is 23.8 Å². The van der Waals surface area contributed by atoms with Gasteiger partial charge in [0.2, 0.25) is 5.60 Å². The number of aromatic nitrogens is 3. The SMILES string of the molecule is CC(=O)O[C@@H]1C[C@H](COC(=O)Cc2ccccc2)O[C@@]1(C#N)c1ccc2c(N)ncnn12. The second kappa shape index (κ2) is 8.64. The van der Waals surface area contributed by atoms with Crippen LogP contribution in [0.15, 0.2) is 48.8 Å². The monoisotopic (exact) mass is 435 g/mol. The fourth-order valence-electron chi connectivity index (χ4n) is 3.84. The highest BCUT2D eigenvalue weighted by atomic mass is 16.6. The van der Waals surface area contributed by atoms with Crippen LogP contribution in [0.2, 0.25) is 0 Å². The summed E-state index contributed by atoms with van der Waals surface area (Å²) in [5, 5.41) is 14.3. The number of ether oxygens (including phenoxy) is 3. The first-order chi connectivity index (χ1) is 15.4. The maximum absolute atomic E-state index is 12.2. The Balaban J connectivity index is 1.56. The number of carbonyl (C=O) groups is 2. The summed E-state index contributed by atoms with van der Waals surface area (Å²) in [6.07, 6.45) is -0.0561. The molecule has 0 unspecified atom stereocenters. The lowest BCUT2D eigenvalue weighted by Gasteiger charge is -2.26. The smallest absolute Gasteiger partial charge is 0.310 e. The van der Waals surface area contributed by atoms with E-state index < -0.39 is 29.7 Å². The van der Waals surface area contributed by atoms with E-state index in [2.05, 4.69) is 16.2 Å². The Morgan fingerprint density at radius 1 is 1.31 bits per heavy atom. The average molecular weight is 435 g/mol. The van der Waals surface area contributed by atoms with E-state index in [1.165, 1.54) is 17.8 Å². The number of benzene rings is 1. The van der Waals surface area contributed by atoms with Crippen LogP contribution in [0.3, 0.4) is 0 Å². The molecule has 2 aromatic heterocycles. The van der Waals surface area contributed by atoms with Crippen LogP contribution < -0.4 is 5.73 Å². The van der Waals surface area contributed by atoms with Crippen LogP contribution in [-0.4, -0.2) is 45.4 Å². The average Bonchev–Trinajstić information content (AvgIpc) is 3.36. The van der Waals surface area contributed by atoms with Crippen molar-refractivity contribution in [2.45, 2.75) is 37.6 Å². The first-order valence-electron chi connectivity index (χ1n) is 9.97. The summed E-state index contributed by atoms with van der Waals surface area (Å²) in [4.78, 5) is 27.9. The number of nitrogens with zero attached hydrogens (tertiary/aromatic N) is 4. The van der Waals surface area contributed by atoms with Crippen molar-refractivity contribution in [3.63, 3.8) is 0 Å². The summed E-state index contributed by atoms with van der Waals surface area (Å²) in [5.74, 6) is -0.755. The molecule has 3 aromatic rings. The lowest BCUT2D eigenvalue weighted by Crippen LogP contribution is -2.39. The van der Waals surface area contributed by atoms with E-state index >= 15 is 0 Å². The van der Waals surface area contributed by atoms with Gasteiger partial charge in [-0.15, -0.1) is 0 Å². The maximum Gasteiger partial charge on any atom is 0.310 e. The lowest BCUT2D eigenvalue weighted by atomic mass is 9.94. The molecule has 1 aliphatic rings. The van der Waals surface area contributed by atoms with E-state index in [1.54, 1.807) is 12.1 Å². The van der Waals surface area contributed by atoms with Crippen molar-refractivity contribution in [1.29, 1.82) is 5.26 Å². The van der Waals surface area contributed by atoms with E-state index in [-0.39, 0.29) is 25.3 Å². The van der Waals surface area contributed by atoms with Crippen molar-refractivity contribution >= 4 is 23.3 Å². The molecule has 0 saturated carbocycles. The fraction of sp³-hybridized carbons (Fsp3) is 0.318. The molecule has 10 heteroatoms. The van der Waals surface area contributed by atoms with Crippen LogP contribution in [-0.2, 0) is 35.8 Å². The second-order valence-electron chi connectivity index (χ2n) is 7.43. The Kier molecular flexibility index (Phi) is 5.75. The molecule has 0 amide bonds. The molecule has 4 rings (SSSR count). The molecule has 3 heterocycles. The van der Waals surface area contributed by atoms with Gasteiger partial charge in [-0.3, -0.25) is 9.59 Å². The molecule has 3 atom stereocenters. The van der Waals surface area contributed by atoms with Crippen molar-refractivity contribution in [3.05, 3.63) is 60.0 Å². The van der Waals surface area contributed by atoms with Crippen molar-refractivity contribution in [2.75, 3.05) is 12.3 Å². The number of carbonyl (C=O) groups excluding carboxylic acids is 2. The predicted molar refractivity (Wildman–Crippen MR) is 111 cm³/mol. The van der Waals surface area contributed by atoms with Gasteiger partial charge in [0, 0.05) is 13.3 Å². The molecule has 0 bridgehead atoms. The Hall–Kier alpha value is -3.97. The molecule has 164 valence electrons. The van der Waals surface area contributed by atoms with Gasteiger partial charge >= 0.3 is 11.9 Å². The zero-order chi connectivity index (χ0) is 22.7. The lowest BCUT2D eigenvalue weighted by molar-refractivity contribution is -0.155. The van der Waals surface area contributed by atoms with E-state index in [4.69, 9.17) is 19.9 Å². The first kappa shape index (κ1) is 21.3. The van der Waals surface area contributed by atoms with Crippen LogP contribution in [0.1, 0.15) is 24.6 Å². The molecule has 0 spiro atoms. The van der Waals surface area contributed by atoms with Gasteiger partial charge in [-0.25, -0.2) is 9.50 Å². The summed E-state index contributed by atoms with van der Waals surface area (Å²) in [6.45, 7) is 1.17. The summed E-state index contributed by atoms with van der Waals surface area (Å²) < 4.78 is 18.3. The van der Waals surface area contributed by atoms with Gasteiger partial charge in [-0.05, 0) is 17.7 Å². The number of rotatable bonds is 6. The van der Waals surface area contributed by atoms with Crippen LogP contribution in [0, 0.1) is 11.3 Å². The topological polar surface area (TPSA) is 142 Å². The van der Waals surface area contributed by atoms with Gasteiger partial charge in [0.05, 0.1) is 18.2 Å². The largest absolute Gasteiger partial charge is 0.463 e. The Bertz CT molecular complexity index is 1190. The fourth-order valence-corrected chi connectivity index (χ4v) is 3.84. The number of nitrogens with two attached hydrogens (primary N) is 1. The minimum atomic E-state index is -1.66. The molecule has 2 N–H and O–H groups in total. The van der Waals surface area contributed by atoms with Crippen LogP contribution >= 0.6 is 0 Å². The number of hydrogen-bond acceptors (Lipinski definition) is 9. The molecule has 1 aromatic carbocycles. The van der Waals surface area contributed by atoms with E-state index in [1.807, 2.05) is 30.3 Å². The maximum atomic E-state index is 12.2. The van der Waals surface area contributed by atoms with Gasteiger partial charge in [0.1, 0.15) is 24.5 Å². The highest BCUT2D eigenvalue weighted by Gasteiger charge is 2.55. The van der Waals surface area contributed by atoms with Gasteiger partial charge < -0.3 is 19.9 Å². The zero-order valence-electron chi connectivity index (χ0n) is 17.3. The molecule has 32 heavy (non-hydrogen) atoms. The summed E-state index contributed by atoms with van der Waals surface area (Å²) in [7, 11) is 0. The van der Waals surface area contributed by atoms with Crippen LogP contribution in [0.5, 0.6) is 0 Å². The molecular formula is C22H21N5O5. The Morgan fingerprint density at radius 3 is 2.81 bits per heavy atom. The van der Waals surface area contributed by atoms with Gasteiger partial charge in [0.25, 0.3) is 0 Å². The molecular weight excluding hydrogens is 414 g/mol. The van der Waals surface area contributed by atoms with Crippen LogP contribution in [0.4, 0.5) is 5.82 Å². The molecule has 1 saturated heterocycles. The number of esters is 2. The van der Waals surface area contributed by atoms with Gasteiger partial charge in [-0.2, -0.15) is 10.4 Å². The Labute approximate surface area is 183 Å². The second-order valence-corrected chi connectivity index (χ2v) is 7.43. The first-order valence-corrected chi connectivity index (χ1v) is 9.97. The third kappa shape index (κ3) is 3.98. The molecule has 0 radical (unpaired) electrons. The Morgan fingerprint density at radius 2 is 2.09 bits per heavy atom. The number of anilines is 1. The highest BCUT2D eigenvalue weighted by Crippen LogP contribution is 2.42. The normalized spacial score (nSPS) is 22.4. The summed E-state index contributed by atoms with van der Waals surface area (Å²) in [6, 6.07) is 14.6. The highest BCUT2D eigenvalue weighted by molar-refractivity contribution is 5.72. The molecule has 1 fully saturated rings. The van der Waals surface area contributed by atoms with E-state index in [9.17, 15) is 14.9 Å². The standard InChI is InChI=1S/C22H21N5O5/c1-14(28)31-19-10-16(11-30-20(29)9-15-5-3-2-4-6-15)32-22(19,12-23)18-8-7-17-21(24)25-13-26-27(17)18/h2-8,13,16,19H,9-11H2,1H3,(H2,24,25,26)/t16-,19-,22+/m1/s1. The number of nitriles is 1. The quantitative estimate of drug-likeness (QED) is 0.570. The summed E-state index contributed by atoms with van der Waals surface area (Å²) in [5.41, 5.74) is 5.90. The molecule has 1 aliphatic heterocycles. The van der Waals surface area contributed by atoms with Crippen molar-refractivity contribution in [2.24, 2.45) is 0 Å². The van der Waals surface area contributed by atoms with Crippen molar-refractivity contribution in [1.82, 2.24) is 14.6 Å². The minimum Gasteiger partial charge on any atom is -0.463 e. The van der Waals surface area contributed by atoms with Gasteiger partial charge in [0.15, 0.2) is 11.9 Å². The van der Waals surface area contributed by atoms with E-state index in [0.717, 1.165) is 5.56 Å². The van der Waals surface area contributed by atoms with Crippen LogP contribution in [0.25, 0.3) is 5.52 Å². The van der Waals surface area contributed by atoms with Crippen molar-refractivity contribution in [3.8, 4) is 6.07 Å². The third-order valence-electron chi connectivity index (χ3n) is 5.24. The van der Waals surface area contributed by atoms with Gasteiger partial charge in [-0.1, -0.05) is 30.3 Å². The number of fused-ring (bicyclic) bond motifs is 1. The number of nitrogen functional groups attached to an aromatic ring is 1. The molecule has 10 nitrogen and oxygen atoms in total. The van der Waals surface area contributed by atoms with E-state index in [0.29, 0.717) is 11.2 Å². The third-order valence-corrected chi connectivity index (χ3v) is 5.24. The minimum absolute atomic E-state index is 0.0900. The zero-order valence-corrected chi connectivity index (χ0v) is 17.3. The molecule has 0 aliphatic carbocycles. The summed E-state index contributed by atoms with van der Waals surface area (Å²) >= 11 is 0. The number of hydrogen-bond donors (Lipinski definition) is 1. The predicted octanol–water partition coefficient (Wildman–Crippen LogP) is 1.54.